The van der Waals surface area contributed by atoms with Crippen LogP contribution in [0.5, 0.6) is 11.5 Å². The highest BCUT2D eigenvalue weighted by Gasteiger charge is 2.18. The molecule has 1 heterocycles. The summed E-state index contributed by atoms with van der Waals surface area (Å²) in [5, 5.41) is 3.04. The van der Waals surface area contributed by atoms with E-state index in [0.717, 1.165) is 60.1 Å². The molecule has 0 spiro atoms. The Hall–Kier alpha value is -2.87. The summed E-state index contributed by atoms with van der Waals surface area (Å²) in [5.41, 5.74) is 1.76. The van der Waals surface area contributed by atoms with E-state index in [1.54, 1.807) is 0 Å². The lowest BCUT2D eigenvalue weighted by atomic mass is 10.2. The second-order valence-corrected chi connectivity index (χ2v) is 8.70. The van der Waals surface area contributed by atoms with Gasteiger partial charge in [0.15, 0.2) is 0 Å². The first kappa shape index (κ1) is 23.3. The third-order valence-corrected chi connectivity index (χ3v) is 6.13. The van der Waals surface area contributed by atoms with Crippen molar-refractivity contribution < 1.29 is 14.3 Å². The summed E-state index contributed by atoms with van der Waals surface area (Å²) in [6.45, 7) is 5.14. The molecule has 172 valence electrons. The molecular formula is C26H28BrN3O3. The first-order chi connectivity index (χ1) is 16.2. The van der Waals surface area contributed by atoms with Gasteiger partial charge in [0.1, 0.15) is 11.5 Å². The molecular weight excluding hydrogens is 482 g/mol. The van der Waals surface area contributed by atoms with E-state index in [-0.39, 0.29) is 6.03 Å². The van der Waals surface area contributed by atoms with Crippen LogP contribution in [-0.2, 0) is 11.3 Å². The maximum atomic E-state index is 13.2. The molecule has 0 bridgehead atoms. The normalized spacial score (nSPS) is 14.0. The van der Waals surface area contributed by atoms with Gasteiger partial charge >= 0.3 is 6.03 Å². The molecule has 1 fully saturated rings. The summed E-state index contributed by atoms with van der Waals surface area (Å²) < 4.78 is 12.3. The van der Waals surface area contributed by atoms with E-state index in [1.165, 1.54) is 0 Å². The molecule has 0 saturated carbocycles. The van der Waals surface area contributed by atoms with Crippen LogP contribution in [-0.4, -0.2) is 55.2 Å². The second kappa shape index (κ2) is 11.8. The van der Waals surface area contributed by atoms with Crippen molar-refractivity contribution in [3.63, 3.8) is 0 Å². The Bertz CT molecular complexity index is 1040. The van der Waals surface area contributed by atoms with Crippen molar-refractivity contribution in [3.05, 3.63) is 88.9 Å². The third-order valence-electron chi connectivity index (χ3n) is 5.44. The lowest BCUT2D eigenvalue weighted by Crippen LogP contribution is -2.44. The van der Waals surface area contributed by atoms with Crippen LogP contribution < -0.4 is 10.1 Å². The number of carbonyl (C=O) groups excluding carboxylic acids is 1. The van der Waals surface area contributed by atoms with E-state index in [4.69, 9.17) is 9.47 Å². The van der Waals surface area contributed by atoms with E-state index in [1.807, 2.05) is 83.8 Å². The van der Waals surface area contributed by atoms with E-state index < -0.39 is 0 Å². The summed E-state index contributed by atoms with van der Waals surface area (Å²) in [6.07, 6.45) is 0. The second-order valence-electron chi connectivity index (χ2n) is 7.85. The van der Waals surface area contributed by atoms with Gasteiger partial charge in [0.05, 0.1) is 18.9 Å². The van der Waals surface area contributed by atoms with Gasteiger partial charge in [-0.25, -0.2) is 4.79 Å². The van der Waals surface area contributed by atoms with Crippen LogP contribution in [0.3, 0.4) is 0 Å². The van der Waals surface area contributed by atoms with Gasteiger partial charge in [-0.2, -0.15) is 0 Å². The fraction of sp³-hybridized carbons (Fsp3) is 0.269. The number of halogens is 1. The van der Waals surface area contributed by atoms with Crippen molar-refractivity contribution in [2.24, 2.45) is 0 Å². The highest BCUT2D eigenvalue weighted by molar-refractivity contribution is 9.10. The molecule has 4 rings (SSSR count). The molecule has 3 aromatic carbocycles. The van der Waals surface area contributed by atoms with E-state index in [0.29, 0.717) is 13.1 Å². The molecule has 0 aliphatic carbocycles. The number of para-hydroxylation sites is 2. The highest BCUT2D eigenvalue weighted by atomic mass is 79.9. The highest BCUT2D eigenvalue weighted by Crippen LogP contribution is 2.24. The fourth-order valence-corrected chi connectivity index (χ4v) is 4.03. The monoisotopic (exact) mass is 509 g/mol. The summed E-state index contributed by atoms with van der Waals surface area (Å²) in [4.78, 5) is 17.4. The van der Waals surface area contributed by atoms with Crippen LogP contribution in [0.4, 0.5) is 10.5 Å². The zero-order valence-electron chi connectivity index (χ0n) is 18.5. The molecule has 1 saturated heterocycles. The Morgan fingerprint density at radius 2 is 1.70 bits per heavy atom. The molecule has 2 amide bonds. The number of urea groups is 1. The minimum atomic E-state index is -0.135. The van der Waals surface area contributed by atoms with Crippen molar-refractivity contribution in [1.82, 2.24) is 9.80 Å². The topological polar surface area (TPSA) is 54.0 Å². The zero-order chi connectivity index (χ0) is 22.9. The number of rotatable bonds is 8. The molecule has 7 heteroatoms. The smallest absolute Gasteiger partial charge is 0.322 e. The van der Waals surface area contributed by atoms with Crippen molar-refractivity contribution in [1.29, 1.82) is 0 Å². The maximum Gasteiger partial charge on any atom is 0.322 e. The Labute approximate surface area is 203 Å². The quantitative estimate of drug-likeness (QED) is 0.428. The molecule has 1 aliphatic heterocycles. The van der Waals surface area contributed by atoms with Crippen molar-refractivity contribution in [3.8, 4) is 11.5 Å². The fourth-order valence-electron chi connectivity index (χ4n) is 3.65. The molecule has 0 radical (unpaired) electrons. The first-order valence-electron chi connectivity index (χ1n) is 11.1. The van der Waals surface area contributed by atoms with Crippen LogP contribution in [0.15, 0.2) is 83.3 Å². The average Bonchev–Trinajstić information content (AvgIpc) is 2.84. The van der Waals surface area contributed by atoms with Gasteiger partial charge in [0.25, 0.3) is 0 Å². The van der Waals surface area contributed by atoms with Gasteiger partial charge in [-0.15, -0.1) is 0 Å². The Balaban J connectivity index is 1.46. The largest absolute Gasteiger partial charge is 0.457 e. The third kappa shape index (κ3) is 7.05. The van der Waals surface area contributed by atoms with Crippen molar-refractivity contribution >= 4 is 27.6 Å². The molecule has 6 nitrogen and oxygen atoms in total. The Morgan fingerprint density at radius 1 is 0.970 bits per heavy atom. The molecule has 1 aliphatic rings. The lowest BCUT2D eigenvalue weighted by Gasteiger charge is -2.30. The van der Waals surface area contributed by atoms with Gasteiger partial charge in [0, 0.05) is 37.2 Å². The Morgan fingerprint density at radius 3 is 2.48 bits per heavy atom. The number of nitrogens with zero attached hydrogens (tertiary/aromatic N) is 2. The molecule has 0 aromatic heterocycles. The molecule has 0 atom stereocenters. The van der Waals surface area contributed by atoms with Crippen LogP contribution >= 0.6 is 15.9 Å². The van der Waals surface area contributed by atoms with Gasteiger partial charge in [-0.05, 0) is 57.9 Å². The van der Waals surface area contributed by atoms with Gasteiger partial charge < -0.3 is 19.7 Å². The molecule has 33 heavy (non-hydrogen) atoms. The number of amides is 2. The van der Waals surface area contributed by atoms with E-state index in [9.17, 15) is 4.79 Å². The van der Waals surface area contributed by atoms with Gasteiger partial charge in [-0.1, -0.05) is 42.5 Å². The molecule has 0 unspecified atom stereocenters. The number of ether oxygens (including phenoxy) is 2. The summed E-state index contributed by atoms with van der Waals surface area (Å²) >= 11 is 3.51. The van der Waals surface area contributed by atoms with E-state index >= 15 is 0 Å². The predicted molar refractivity (Wildman–Crippen MR) is 134 cm³/mol. The zero-order valence-corrected chi connectivity index (χ0v) is 20.0. The minimum Gasteiger partial charge on any atom is -0.457 e. The van der Waals surface area contributed by atoms with Crippen molar-refractivity contribution in [2.75, 3.05) is 44.7 Å². The lowest BCUT2D eigenvalue weighted by molar-refractivity contribution is 0.0349. The van der Waals surface area contributed by atoms with Crippen LogP contribution in [0.25, 0.3) is 0 Å². The number of carbonyl (C=O) groups is 1. The van der Waals surface area contributed by atoms with Gasteiger partial charge in [0.2, 0.25) is 0 Å². The summed E-state index contributed by atoms with van der Waals surface area (Å²) in [5.74, 6) is 1.53. The number of anilines is 1. The first-order valence-corrected chi connectivity index (χ1v) is 11.9. The SMILES string of the molecule is O=C(Nc1ccccc1Br)N(CCN1CCOCC1)Cc1cccc(Oc2ccccc2)c1. The maximum absolute atomic E-state index is 13.2. The van der Waals surface area contributed by atoms with Crippen LogP contribution in [0, 0.1) is 0 Å². The standard InChI is InChI=1S/C26H28BrN3O3/c27-24-11-4-5-12-25(24)28-26(31)30(14-13-29-15-17-32-18-16-29)20-21-7-6-10-23(19-21)33-22-8-2-1-3-9-22/h1-12,19H,13-18,20H2,(H,28,31). The summed E-state index contributed by atoms with van der Waals surface area (Å²) in [6, 6.07) is 25.1. The summed E-state index contributed by atoms with van der Waals surface area (Å²) in [7, 11) is 0. The van der Waals surface area contributed by atoms with Gasteiger partial charge in [-0.3, -0.25) is 4.90 Å². The minimum absolute atomic E-state index is 0.135. The van der Waals surface area contributed by atoms with Crippen LogP contribution in [0.2, 0.25) is 0 Å². The predicted octanol–water partition coefficient (Wildman–Crippen LogP) is 5.61. The Kier molecular flexibility index (Phi) is 8.35. The van der Waals surface area contributed by atoms with E-state index in [2.05, 4.69) is 26.1 Å². The number of morpholine rings is 1. The van der Waals surface area contributed by atoms with Crippen LogP contribution in [0.1, 0.15) is 5.56 Å². The number of hydrogen-bond donors (Lipinski definition) is 1. The number of benzene rings is 3. The number of hydrogen-bond acceptors (Lipinski definition) is 4. The van der Waals surface area contributed by atoms with Crippen molar-refractivity contribution in [2.45, 2.75) is 6.54 Å². The molecule has 3 aromatic rings. The average molecular weight is 510 g/mol. The number of nitrogens with one attached hydrogen (secondary N) is 1. The molecule has 1 N–H and O–H groups in total.